The zero-order valence-electron chi connectivity index (χ0n) is 12.5. The Morgan fingerprint density at radius 3 is 2.65 bits per heavy atom. The van der Waals surface area contributed by atoms with Crippen molar-refractivity contribution in [3.8, 4) is 0 Å². The zero-order valence-corrected chi connectivity index (χ0v) is 13.3. The van der Waals surface area contributed by atoms with E-state index in [1.165, 1.54) is 17.5 Å². The Kier molecular flexibility index (Phi) is 3.84. The minimum Gasteiger partial charge on any atom is -0.598 e. The van der Waals surface area contributed by atoms with Gasteiger partial charge in [-0.2, -0.15) is 0 Å². The first-order valence-corrected chi connectivity index (χ1v) is 8.61. The molecular formula is C16H24N2OS. The van der Waals surface area contributed by atoms with Crippen molar-refractivity contribution in [2.24, 2.45) is 5.92 Å². The topological polar surface area (TPSA) is 47.1 Å². The highest BCUT2D eigenvalue weighted by atomic mass is 32.2. The normalized spacial score (nSPS) is 30.7. The van der Waals surface area contributed by atoms with Gasteiger partial charge in [0.25, 0.3) is 0 Å². The van der Waals surface area contributed by atoms with Crippen LogP contribution in [-0.4, -0.2) is 22.4 Å². The molecule has 3 nitrogen and oxygen atoms in total. The summed E-state index contributed by atoms with van der Waals surface area (Å²) in [5.74, 6) is 1.13. The van der Waals surface area contributed by atoms with Crippen molar-refractivity contribution in [2.45, 2.75) is 43.9 Å². The molecule has 4 heteroatoms. The molecule has 4 atom stereocenters. The zero-order chi connectivity index (χ0) is 14.3. The van der Waals surface area contributed by atoms with Crippen LogP contribution in [0.2, 0.25) is 0 Å². The van der Waals surface area contributed by atoms with Gasteiger partial charge in [0, 0.05) is 23.8 Å². The highest BCUT2D eigenvalue weighted by Crippen LogP contribution is 2.48. The first kappa shape index (κ1) is 14.4. The molecule has 3 rings (SSSR count). The molecule has 3 unspecified atom stereocenters. The number of fused-ring (bicyclic) bond motifs is 3. The predicted octanol–water partition coefficient (Wildman–Crippen LogP) is 2.49. The molecule has 0 radical (unpaired) electrons. The molecule has 0 bridgehead atoms. The molecule has 2 aliphatic rings. The Bertz CT molecular complexity index is 486. The molecule has 1 aliphatic heterocycles. The summed E-state index contributed by atoms with van der Waals surface area (Å²) < 4.78 is 15.7. The van der Waals surface area contributed by atoms with Gasteiger partial charge in [-0.3, -0.25) is 0 Å². The van der Waals surface area contributed by atoms with Gasteiger partial charge < -0.3 is 9.87 Å². The third-order valence-electron chi connectivity index (χ3n) is 4.48. The van der Waals surface area contributed by atoms with E-state index in [9.17, 15) is 4.55 Å². The Morgan fingerprint density at radius 2 is 1.95 bits per heavy atom. The Morgan fingerprint density at radius 1 is 1.25 bits per heavy atom. The SMILES string of the molecule is CC(C)(C)[S+]([O-])N[C@@H]1c2ccccc2C2CCNCC21. The van der Waals surface area contributed by atoms with E-state index < -0.39 is 11.4 Å². The average Bonchev–Trinajstić information content (AvgIpc) is 2.73. The third-order valence-corrected chi connectivity index (χ3v) is 6.06. The largest absolute Gasteiger partial charge is 0.598 e. The maximum atomic E-state index is 12.5. The monoisotopic (exact) mass is 292 g/mol. The Labute approximate surface area is 124 Å². The van der Waals surface area contributed by atoms with Crippen LogP contribution in [0.3, 0.4) is 0 Å². The lowest BCUT2D eigenvalue weighted by Crippen LogP contribution is -2.45. The van der Waals surface area contributed by atoms with Gasteiger partial charge in [0.2, 0.25) is 0 Å². The molecule has 0 spiro atoms. The second-order valence-electron chi connectivity index (χ2n) is 6.87. The van der Waals surface area contributed by atoms with Crippen molar-refractivity contribution >= 4 is 11.4 Å². The van der Waals surface area contributed by atoms with Crippen LogP contribution in [-0.2, 0) is 11.4 Å². The van der Waals surface area contributed by atoms with E-state index in [4.69, 9.17) is 0 Å². The minimum atomic E-state index is -1.03. The van der Waals surface area contributed by atoms with Crippen molar-refractivity contribution in [3.63, 3.8) is 0 Å². The van der Waals surface area contributed by atoms with Crippen LogP contribution in [0.5, 0.6) is 0 Å². The number of rotatable bonds is 2. The average molecular weight is 292 g/mol. The van der Waals surface area contributed by atoms with E-state index in [1.54, 1.807) is 0 Å². The van der Waals surface area contributed by atoms with Crippen molar-refractivity contribution in [2.75, 3.05) is 13.1 Å². The fourth-order valence-electron chi connectivity index (χ4n) is 3.42. The lowest BCUT2D eigenvalue weighted by molar-refractivity contribution is 0.298. The summed E-state index contributed by atoms with van der Waals surface area (Å²) in [5.41, 5.74) is 2.81. The Hall–Kier alpha value is -0.550. The summed E-state index contributed by atoms with van der Waals surface area (Å²) in [6, 6.07) is 8.88. The van der Waals surface area contributed by atoms with Crippen LogP contribution < -0.4 is 10.0 Å². The lowest BCUT2D eigenvalue weighted by Gasteiger charge is -2.33. The highest BCUT2D eigenvalue weighted by Gasteiger charge is 2.44. The summed E-state index contributed by atoms with van der Waals surface area (Å²) in [5, 5.41) is 3.49. The molecule has 20 heavy (non-hydrogen) atoms. The second-order valence-corrected chi connectivity index (χ2v) is 8.87. The van der Waals surface area contributed by atoms with Gasteiger partial charge >= 0.3 is 0 Å². The number of piperidine rings is 1. The summed E-state index contributed by atoms with van der Waals surface area (Å²) in [6.45, 7) is 8.16. The van der Waals surface area contributed by atoms with Crippen LogP contribution in [0.25, 0.3) is 0 Å². The van der Waals surface area contributed by atoms with Crippen molar-refractivity contribution in [1.82, 2.24) is 10.0 Å². The maximum Gasteiger partial charge on any atom is 0.136 e. The minimum absolute atomic E-state index is 0.212. The molecule has 0 amide bonds. The van der Waals surface area contributed by atoms with Gasteiger partial charge in [0.15, 0.2) is 0 Å². The van der Waals surface area contributed by atoms with E-state index in [0.717, 1.165) is 13.1 Å². The quantitative estimate of drug-likeness (QED) is 0.823. The Balaban J connectivity index is 1.89. The smallest absolute Gasteiger partial charge is 0.136 e. The summed E-state index contributed by atoms with van der Waals surface area (Å²) in [7, 11) is 0. The molecule has 1 aliphatic carbocycles. The lowest BCUT2D eigenvalue weighted by atomic mass is 9.85. The van der Waals surface area contributed by atoms with E-state index in [2.05, 4.69) is 34.3 Å². The van der Waals surface area contributed by atoms with Gasteiger partial charge in [0.05, 0.1) is 6.04 Å². The highest BCUT2D eigenvalue weighted by molar-refractivity contribution is 7.90. The van der Waals surface area contributed by atoms with Gasteiger partial charge in [-0.15, -0.1) is 4.72 Å². The first-order chi connectivity index (χ1) is 9.48. The van der Waals surface area contributed by atoms with Crippen LogP contribution in [0.1, 0.15) is 50.3 Å². The van der Waals surface area contributed by atoms with Gasteiger partial charge in [-0.1, -0.05) is 24.3 Å². The molecule has 1 aromatic carbocycles. The van der Waals surface area contributed by atoms with E-state index in [1.807, 2.05) is 20.8 Å². The predicted molar refractivity (Wildman–Crippen MR) is 83.9 cm³/mol. The maximum absolute atomic E-state index is 12.5. The number of benzene rings is 1. The molecule has 0 aromatic heterocycles. The van der Waals surface area contributed by atoms with Gasteiger partial charge in [0.1, 0.15) is 4.75 Å². The molecule has 1 saturated heterocycles. The molecule has 2 N–H and O–H groups in total. The molecule has 110 valence electrons. The molecule has 1 fully saturated rings. The number of nitrogens with one attached hydrogen (secondary N) is 2. The van der Waals surface area contributed by atoms with Crippen LogP contribution >= 0.6 is 0 Å². The molecule has 1 heterocycles. The van der Waals surface area contributed by atoms with E-state index in [0.29, 0.717) is 11.8 Å². The summed E-state index contributed by atoms with van der Waals surface area (Å²) >= 11 is -1.03. The van der Waals surface area contributed by atoms with Crippen LogP contribution in [0, 0.1) is 5.92 Å². The number of hydrogen-bond acceptors (Lipinski definition) is 3. The number of hydrogen-bond donors (Lipinski definition) is 2. The van der Waals surface area contributed by atoms with Gasteiger partial charge in [-0.05, 0) is 50.8 Å². The third kappa shape index (κ3) is 2.50. The van der Waals surface area contributed by atoms with Crippen molar-refractivity contribution < 1.29 is 4.55 Å². The fraction of sp³-hybridized carbons (Fsp3) is 0.625. The van der Waals surface area contributed by atoms with E-state index >= 15 is 0 Å². The fourth-order valence-corrected chi connectivity index (χ4v) is 4.31. The van der Waals surface area contributed by atoms with Crippen LogP contribution in [0.15, 0.2) is 24.3 Å². The van der Waals surface area contributed by atoms with Crippen molar-refractivity contribution in [1.29, 1.82) is 0 Å². The first-order valence-electron chi connectivity index (χ1n) is 7.46. The van der Waals surface area contributed by atoms with E-state index in [-0.39, 0.29) is 10.8 Å². The second kappa shape index (κ2) is 5.34. The molecule has 1 aromatic rings. The standard InChI is InChI=1S/C16H24N2OS/c1-16(2,3)20(19)18-15-13-7-5-4-6-11(13)12-8-9-17-10-14(12)15/h4-7,12,14-15,17-18H,8-10H2,1-3H3/t12?,14?,15-,20?/m1/s1. The summed E-state index contributed by atoms with van der Waals surface area (Å²) in [6.07, 6.45) is 1.18. The molecule has 0 saturated carbocycles. The summed E-state index contributed by atoms with van der Waals surface area (Å²) in [4.78, 5) is 0. The molecular weight excluding hydrogens is 268 g/mol. The van der Waals surface area contributed by atoms with Crippen molar-refractivity contribution in [3.05, 3.63) is 35.4 Å². The van der Waals surface area contributed by atoms with Crippen LogP contribution in [0.4, 0.5) is 0 Å². The van der Waals surface area contributed by atoms with Gasteiger partial charge in [-0.25, -0.2) is 0 Å².